The lowest BCUT2D eigenvalue weighted by atomic mass is 10.2. The lowest BCUT2D eigenvalue weighted by molar-refractivity contribution is -0.116. The minimum absolute atomic E-state index is 0.201. The molecule has 0 spiro atoms. The monoisotopic (exact) mass is 380 g/mol. The van der Waals surface area contributed by atoms with Gasteiger partial charge in [-0.25, -0.2) is 4.79 Å². The Morgan fingerprint density at radius 3 is 2.48 bits per heavy atom. The summed E-state index contributed by atoms with van der Waals surface area (Å²) in [6, 6.07) is 12.1. The maximum absolute atomic E-state index is 12.0. The molecule has 2 aromatic carbocycles. The van der Waals surface area contributed by atoms with E-state index in [1.807, 2.05) is 24.3 Å². The first-order valence-corrected chi connectivity index (χ1v) is 8.38. The topological polar surface area (TPSA) is 67.4 Å². The molecule has 2 rings (SSSR count). The first-order valence-electron chi connectivity index (χ1n) is 7.62. The Morgan fingerprint density at radius 1 is 1.08 bits per heavy atom. The summed E-state index contributed by atoms with van der Waals surface area (Å²) >= 11 is 11.9. The van der Waals surface area contributed by atoms with Crippen molar-refractivity contribution in [1.82, 2.24) is 5.32 Å². The first-order chi connectivity index (χ1) is 12.0. The normalized spacial score (nSPS) is 10.4. The molecule has 0 aliphatic heterocycles. The van der Waals surface area contributed by atoms with Gasteiger partial charge < -0.3 is 15.4 Å². The molecule has 0 atom stereocenters. The summed E-state index contributed by atoms with van der Waals surface area (Å²) in [4.78, 5) is 23.6. The molecular weight excluding hydrogens is 363 g/mol. The summed E-state index contributed by atoms with van der Waals surface area (Å²) in [5.74, 6) is -0.690. The lowest BCUT2D eigenvalue weighted by Gasteiger charge is -2.09. The van der Waals surface area contributed by atoms with Crippen LogP contribution in [0.3, 0.4) is 0 Å². The number of amides is 1. The molecular formula is C18H18Cl2N2O3. The molecule has 0 unspecified atom stereocenters. The lowest BCUT2D eigenvalue weighted by Crippen LogP contribution is -2.21. The molecule has 0 radical (unpaired) electrons. The molecule has 0 aliphatic carbocycles. The van der Waals surface area contributed by atoms with E-state index in [1.165, 1.54) is 19.2 Å². The van der Waals surface area contributed by atoms with E-state index >= 15 is 0 Å². The maximum Gasteiger partial charge on any atom is 0.337 e. The van der Waals surface area contributed by atoms with Gasteiger partial charge in [-0.1, -0.05) is 35.3 Å². The van der Waals surface area contributed by atoms with Crippen molar-refractivity contribution in [3.05, 3.63) is 63.6 Å². The van der Waals surface area contributed by atoms with E-state index < -0.39 is 5.97 Å². The number of ether oxygens (including phenoxy) is 1. The number of benzene rings is 2. The van der Waals surface area contributed by atoms with Gasteiger partial charge in [0, 0.05) is 24.5 Å². The minimum atomic E-state index is -0.489. The highest BCUT2D eigenvalue weighted by atomic mass is 35.5. The van der Waals surface area contributed by atoms with E-state index in [9.17, 15) is 9.59 Å². The number of methoxy groups -OCH3 is 1. The van der Waals surface area contributed by atoms with Crippen LogP contribution in [0, 0.1) is 0 Å². The van der Waals surface area contributed by atoms with Crippen LogP contribution in [0.4, 0.5) is 5.69 Å². The molecule has 25 heavy (non-hydrogen) atoms. The molecule has 0 fully saturated rings. The summed E-state index contributed by atoms with van der Waals surface area (Å²) in [5, 5.41) is 6.93. The van der Waals surface area contributed by atoms with E-state index in [4.69, 9.17) is 23.2 Å². The number of nitrogens with one attached hydrogen (secondary N) is 2. The zero-order chi connectivity index (χ0) is 18.2. The van der Waals surface area contributed by atoms with Gasteiger partial charge in [0.2, 0.25) is 5.91 Å². The van der Waals surface area contributed by atoms with Crippen molar-refractivity contribution in [2.24, 2.45) is 0 Å². The molecule has 5 nitrogen and oxygen atoms in total. The van der Waals surface area contributed by atoms with Gasteiger partial charge in [0.1, 0.15) is 0 Å². The van der Waals surface area contributed by atoms with Gasteiger partial charge in [0.15, 0.2) is 0 Å². The zero-order valence-electron chi connectivity index (χ0n) is 13.6. The van der Waals surface area contributed by atoms with Crippen LogP contribution in [-0.4, -0.2) is 25.5 Å². The molecule has 0 aliphatic rings. The van der Waals surface area contributed by atoms with Crippen LogP contribution in [-0.2, 0) is 16.1 Å². The van der Waals surface area contributed by atoms with E-state index in [0.29, 0.717) is 34.4 Å². The van der Waals surface area contributed by atoms with Crippen LogP contribution in [0.15, 0.2) is 42.5 Å². The fourth-order valence-electron chi connectivity index (χ4n) is 2.12. The third-order valence-corrected chi connectivity index (χ3v) is 4.01. The number of carbonyl (C=O) groups is 2. The van der Waals surface area contributed by atoms with Crippen LogP contribution in [0.2, 0.25) is 10.0 Å². The van der Waals surface area contributed by atoms with Crippen LogP contribution in [0.1, 0.15) is 22.3 Å². The Balaban J connectivity index is 1.81. The first kappa shape index (κ1) is 19.2. The van der Waals surface area contributed by atoms with Gasteiger partial charge in [0.05, 0.1) is 23.4 Å². The summed E-state index contributed by atoms with van der Waals surface area (Å²) in [6.45, 7) is 1.14. The van der Waals surface area contributed by atoms with Crippen molar-refractivity contribution in [2.75, 3.05) is 19.0 Å². The third kappa shape index (κ3) is 6.05. The van der Waals surface area contributed by atoms with Crippen LogP contribution >= 0.6 is 23.2 Å². The quantitative estimate of drug-likeness (QED) is 0.564. The predicted octanol–water partition coefficient (Wildman–Crippen LogP) is 3.90. The van der Waals surface area contributed by atoms with Gasteiger partial charge in [-0.05, 0) is 35.9 Å². The molecule has 0 saturated heterocycles. The second-order valence-electron chi connectivity index (χ2n) is 5.29. The standard InChI is InChI=1S/C18H18Cl2N2O3/c1-25-18(24)13-4-7-15(20)16(10-13)22-17(23)8-9-21-11-12-2-5-14(19)6-3-12/h2-7,10,21H,8-9,11H2,1H3,(H,22,23). The number of hydrogen-bond acceptors (Lipinski definition) is 4. The van der Waals surface area contributed by atoms with Crippen LogP contribution in [0.5, 0.6) is 0 Å². The molecule has 0 bridgehead atoms. The zero-order valence-corrected chi connectivity index (χ0v) is 15.2. The second-order valence-corrected chi connectivity index (χ2v) is 6.13. The minimum Gasteiger partial charge on any atom is -0.465 e. The Bertz CT molecular complexity index is 748. The van der Waals surface area contributed by atoms with Crippen molar-refractivity contribution in [3.63, 3.8) is 0 Å². The van der Waals surface area contributed by atoms with E-state index in [0.717, 1.165) is 5.56 Å². The Morgan fingerprint density at radius 2 is 1.80 bits per heavy atom. The molecule has 0 heterocycles. The fourth-order valence-corrected chi connectivity index (χ4v) is 2.41. The SMILES string of the molecule is COC(=O)c1ccc(Cl)c(NC(=O)CCNCc2ccc(Cl)cc2)c1. The highest BCUT2D eigenvalue weighted by Gasteiger charge is 2.11. The molecule has 7 heteroatoms. The van der Waals surface area contributed by atoms with E-state index in [1.54, 1.807) is 6.07 Å². The van der Waals surface area contributed by atoms with Crippen molar-refractivity contribution in [1.29, 1.82) is 0 Å². The molecule has 2 N–H and O–H groups in total. The highest BCUT2D eigenvalue weighted by Crippen LogP contribution is 2.23. The average molecular weight is 381 g/mol. The summed E-state index contributed by atoms with van der Waals surface area (Å²) in [7, 11) is 1.29. The van der Waals surface area contributed by atoms with Gasteiger partial charge in [-0.3, -0.25) is 4.79 Å². The molecule has 0 saturated carbocycles. The number of carbonyl (C=O) groups excluding carboxylic acids is 2. The van der Waals surface area contributed by atoms with Gasteiger partial charge in [-0.2, -0.15) is 0 Å². The Kier molecular flexibility index (Phi) is 7.25. The molecule has 0 aromatic heterocycles. The molecule has 2 aromatic rings. The van der Waals surface area contributed by atoms with E-state index in [2.05, 4.69) is 15.4 Å². The maximum atomic E-state index is 12.0. The summed E-state index contributed by atoms with van der Waals surface area (Å²) < 4.78 is 4.65. The van der Waals surface area contributed by atoms with Crippen molar-refractivity contribution < 1.29 is 14.3 Å². The number of hydrogen-bond donors (Lipinski definition) is 2. The van der Waals surface area contributed by atoms with Gasteiger partial charge >= 0.3 is 5.97 Å². The Hall–Kier alpha value is -2.08. The number of rotatable bonds is 7. The van der Waals surface area contributed by atoms with Crippen molar-refractivity contribution >= 4 is 40.8 Å². The molecule has 132 valence electrons. The third-order valence-electron chi connectivity index (χ3n) is 3.43. The van der Waals surface area contributed by atoms with Gasteiger partial charge in [-0.15, -0.1) is 0 Å². The van der Waals surface area contributed by atoms with E-state index in [-0.39, 0.29) is 12.3 Å². The van der Waals surface area contributed by atoms with Crippen molar-refractivity contribution in [3.8, 4) is 0 Å². The van der Waals surface area contributed by atoms with Crippen molar-refractivity contribution in [2.45, 2.75) is 13.0 Å². The Labute approximate surface area is 156 Å². The summed E-state index contributed by atoms with van der Waals surface area (Å²) in [6.07, 6.45) is 0.270. The fraction of sp³-hybridized carbons (Fsp3) is 0.222. The second kappa shape index (κ2) is 9.42. The molecule has 1 amide bonds. The van der Waals surface area contributed by atoms with Crippen LogP contribution < -0.4 is 10.6 Å². The largest absolute Gasteiger partial charge is 0.465 e. The average Bonchev–Trinajstić information content (AvgIpc) is 2.61. The number of halogens is 2. The smallest absolute Gasteiger partial charge is 0.337 e. The van der Waals surface area contributed by atoms with Gasteiger partial charge in [0.25, 0.3) is 0 Å². The number of anilines is 1. The summed E-state index contributed by atoms with van der Waals surface area (Å²) in [5.41, 5.74) is 1.79. The number of esters is 1. The predicted molar refractivity (Wildman–Crippen MR) is 99.2 cm³/mol. The highest BCUT2D eigenvalue weighted by molar-refractivity contribution is 6.33. The van der Waals surface area contributed by atoms with Crippen LogP contribution in [0.25, 0.3) is 0 Å².